The highest BCUT2D eigenvalue weighted by Gasteiger charge is 2.17. The van der Waals surface area contributed by atoms with Crippen molar-refractivity contribution in [1.82, 2.24) is 24.5 Å². The van der Waals surface area contributed by atoms with Gasteiger partial charge in [-0.25, -0.2) is 0 Å². The highest BCUT2D eigenvalue weighted by Crippen LogP contribution is 2.21. The van der Waals surface area contributed by atoms with Crippen LogP contribution in [0, 0.1) is 0 Å². The lowest BCUT2D eigenvalue weighted by Gasteiger charge is -2.10. The molecular formula is C21H18ClN5O2S. The van der Waals surface area contributed by atoms with E-state index in [-0.39, 0.29) is 17.2 Å². The van der Waals surface area contributed by atoms with Crippen LogP contribution in [0.5, 0.6) is 0 Å². The molecule has 0 atom stereocenters. The van der Waals surface area contributed by atoms with E-state index in [1.807, 2.05) is 36.4 Å². The molecule has 0 bridgehead atoms. The normalized spacial score (nSPS) is 11.1. The van der Waals surface area contributed by atoms with Gasteiger partial charge in [0.25, 0.3) is 5.56 Å². The number of hydrogen-bond donors (Lipinski definition) is 1. The Labute approximate surface area is 181 Å². The molecule has 0 aliphatic rings. The minimum absolute atomic E-state index is 0.152. The maximum absolute atomic E-state index is 12.8. The number of thioether (sulfide) groups is 1. The predicted octanol–water partition coefficient (Wildman–Crippen LogP) is 3.29. The van der Waals surface area contributed by atoms with Crippen LogP contribution in [0.25, 0.3) is 16.7 Å². The third-order valence-electron chi connectivity index (χ3n) is 4.56. The van der Waals surface area contributed by atoms with Crippen molar-refractivity contribution in [2.45, 2.75) is 18.2 Å². The number of allylic oxidation sites excluding steroid dienone is 1. The van der Waals surface area contributed by atoms with Gasteiger partial charge >= 0.3 is 0 Å². The molecule has 0 radical (unpaired) electrons. The molecule has 0 saturated heterocycles. The van der Waals surface area contributed by atoms with Crippen LogP contribution < -0.4 is 10.9 Å². The lowest BCUT2D eigenvalue weighted by Crippen LogP contribution is -2.25. The van der Waals surface area contributed by atoms with Crippen LogP contribution in [0.4, 0.5) is 0 Å². The second-order valence-electron chi connectivity index (χ2n) is 6.50. The van der Waals surface area contributed by atoms with Crippen LogP contribution in [-0.4, -0.2) is 30.8 Å². The lowest BCUT2D eigenvalue weighted by molar-refractivity contribution is -0.118. The number of hydrogen-bond acceptors (Lipinski definition) is 5. The fourth-order valence-corrected chi connectivity index (χ4v) is 4.11. The van der Waals surface area contributed by atoms with Crippen molar-refractivity contribution < 1.29 is 4.79 Å². The van der Waals surface area contributed by atoms with E-state index in [9.17, 15) is 9.59 Å². The molecule has 2 heterocycles. The highest BCUT2D eigenvalue weighted by atomic mass is 35.5. The minimum atomic E-state index is -0.153. The van der Waals surface area contributed by atoms with E-state index in [4.69, 9.17) is 11.6 Å². The quantitative estimate of drug-likeness (QED) is 0.353. The average Bonchev–Trinajstić information content (AvgIpc) is 3.18. The first-order valence-electron chi connectivity index (χ1n) is 9.20. The molecule has 30 heavy (non-hydrogen) atoms. The van der Waals surface area contributed by atoms with Crippen molar-refractivity contribution in [3.8, 4) is 0 Å². The summed E-state index contributed by atoms with van der Waals surface area (Å²) in [5.41, 5.74) is 1.39. The number of aromatic nitrogens is 4. The lowest BCUT2D eigenvalue weighted by atomic mass is 10.2. The molecule has 0 spiro atoms. The SMILES string of the molecule is C=CCn1c(=O)c2ccccc2n2c(SCC(=O)NCc3ccccc3Cl)nnc12. The zero-order chi connectivity index (χ0) is 21.1. The fourth-order valence-electron chi connectivity index (χ4n) is 3.14. The standard InChI is InChI=1S/C21H18ClN5O2S/c1-2-11-26-19(29)15-8-4-6-10-17(15)27-20(26)24-25-21(27)30-13-18(28)23-12-14-7-3-5-9-16(14)22/h2-10H,1,11-13H2,(H,23,28). The van der Waals surface area contributed by atoms with Crippen LogP contribution in [-0.2, 0) is 17.9 Å². The third kappa shape index (κ3) is 3.83. The zero-order valence-electron chi connectivity index (χ0n) is 15.9. The van der Waals surface area contributed by atoms with Crippen LogP contribution in [0.1, 0.15) is 5.56 Å². The summed E-state index contributed by atoms with van der Waals surface area (Å²) in [5, 5.41) is 13.0. The maximum atomic E-state index is 12.8. The Morgan fingerprint density at radius 1 is 1.17 bits per heavy atom. The molecule has 2 aromatic carbocycles. The zero-order valence-corrected chi connectivity index (χ0v) is 17.5. The summed E-state index contributed by atoms with van der Waals surface area (Å²) in [4.78, 5) is 25.2. The van der Waals surface area contributed by atoms with Gasteiger partial charge in [-0.3, -0.25) is 18.6 Å². The summed E-state index contributed by atoms with van der Waals surface area (Å²) in [6, 6.07) is 14.6. The van der Waals surface area contributed by atoms with E-state index in [2.05, 4.69) is 22.1 Å². The van der Waals surface area contributed by atoms with Crippen molar-refractivity contribution in [1.29, 1.82) is 0 Å². The van der Waals surface area contributed by atoms with Gasteiger partial charge < -0.3 is 5.32 Å². The molecule has 2 aromatic heterocycles. The number of amides is 1. The Kier molecular flexibility index (Phi) is 5.87. The molecule has 1 amide bonds. The summed E-state index contributed by atoms with van der Waals surface area (Å²) in [6.07, 6.45) is 1.64. The van der Waals surface area contributed by atoms with Gasteiger partial charge in [0.1, 0.15) is 0 Å². The average molecular weight is 440 g/mol. The minimum Gasteiger partial charge on any atom is -0.351 e. The van der Waals surface area contributed by atoms with Gasteiger partial charge in [-0.15, -0.1) is 16.8 Å². The molecule has 0 fully saturated rings. The van der Waals surface area contributed by atoms with E-state index in [1.165, 1.54) is 16.3 Å². The van der Waals surface area contributed by atoms with E-state index in [1.54, 1.807) is 22.6 Å². The van der Waals surface area contributed by atoms with E-state index < -0.39 is 0 Å². The molecule has 4 rings (SSSR count). The first-order valence-corrected chi connectivity index (χ1v) is 10.6. The van der Waals surface area contributed by atoms with Gasteiger partial charge in [0, 0.05) is 18.1 Å². The van der Waals surface area contributed by atoms with Crippen molar-refractivity contribution in [2.24, 2.45) is 0 Å². The van der Waals surface area contributed by atoms with Gasteiger partial charge in [0.2, 0.25) is 11.7 Å². The molecule has 9 heteroatoms. The Bertz CT molecular complexity index is 1310. The first kappa shape index (κ1) is 20.2. The number of halogens is 1. The van der Waals surface area contributed by atoms with Gasteiger partial charge in [-0.1, -0.05) is 59.8 Å². The molecule has 152 valence electrons. The number of nitrogens with zero attached hydrogens (tertiary/aromatic N) is 4. The molecule has 4 aromatic rings. The highest BCUT2D eigenvalue weighted by molar-refractivity contribution is 7.99. The van der Waals surface area contributed by atoms with Gasteiger partial charge in [0.05, 0.1) is 16.7 Å². The Hall–Kier alpha value is -3.10. The summed E-state index contributed by atoms with van der Waals surface area (Å²) in [5.74, 6) is 0.415. The van der Waals surface area contributed by atoms with Crippen LogP contribution in [0.2, 0.25) is 5.02 Å². The molecule has 0 saturated carbocycles. The topological polar surface area (TPSA) is 81.3 Å². The molecule has 7 nitrogen and oxygen atoms in total. The fraction of sp³-hybridized carbons (Fsp3) is 0.143. The van der Waals surface area contributed by atoms with Gasteiger partial charge in [0.15, 0.2) is 5.16 Å². The monoisotopic (exact) mass is 439 g/mol. The van der Waals surface area contributed by atoms with Gasteiger partial charge in [-0.2, -0.15) is 0 Å². The predicted molar refractivity (Wildman–Crippen MR) is 119 cm³/mol. The third-order valence-corrected chi connectivity index (χ3v) is 5.85. The number of fused-ring (bicyclic) bond motifs is 3. The van der Waals surface area contributed by atoms with E-state index in [0.717, 1.165) is 5.56 Å². The summed E-state index contributed by atoms with van der Waals surface area (Å²) in [6.45, 7) is 4.38. The first-order chi connectivity index (χ1) is 14.6. The van der Waals surface area contributed by atoms with Crippen molar-refractivity contribution in [2.75, 3.05) is 5.75 Å². The van der Waals surface area contributed by atoms with E-state index >= 15 is 0 Å². The number of rotatable bonds is 7. The number of para-hydroxylation sites is 1. The molecule has 0 unspecified atom stereocenters. The summed E-state index contributed by atoms with van der Waals surface area (Å²) < 4.78 is 3.32. The van der Waals surface area contributed by atoms with Crippen molar-refractivity contribution in [3.63, 3.8) is 0 Å². The second-order valence-corrected chi connectivity index (χ2v) is 7.85. The maximum Gasteiger partial charge on any atom is 0.263 e. The number of carbonyl (C=O) groups is 1. The van der Waals surface area contributed by atoms with E-state index in [0.29, 0.717) is 39.9 Å². The Morgan fingerprint density at radius 3 is 2.73 bits per heavy atom. The number of carbonyl (C=O) groups excluding carboxylic acids is 1. The largest absolute Gasteiger partial charge is 0.351 e. The molecular weight excluding hydrogens is 422 g/mol. The molecule has 1 N–H and O–H groups in total. The molecule has 0 aliphatic heterocycles. The van der Waals surface area contributed by atoms with Crippen molar-refractivity contribution >= 4 is 46.0 Å². The smallest absolute Gasteiger partial charge is 0.263 e. The molecule has 0 aliphatic carbocycles. The Balaban J connectivity index is 1.59. The second kappa shape index (κ2) is 8.73. The van der Waals surface area contributed by atoms with Crippen LogP contribution in [0.3, 0.4) is 0 Å². The van der Waals surface area contributed by atoms with Crippen molar-refractivity contribution in [3.05, 3.63) is 82.1 Å². The Morgan fingerprint density at radius 2 is 1.93 bits per heavy atom. The number of benzene rings is 2. The summed E-state index contributed by atoms with van der Waals surface area (Å²) >= 11 is 7.38. The summed E-state index contributed by atoms with van der Waals surface area (Å²) in [7, 11) is 0. The van der Waals surface area contributed by atoms with Gasteiger partial charge in [-0.05, 0) is 23.8 Å². The van der Waals surface area contributed by atoms with Crippen LogP contribution in [0.15, 0.2) is 71.1 Å². The van der Waals surface area contributed by atoms with Crippen LogP contribution >= 0.6 is 23.4 Å². The number of nitrogens with one attached hydrogen (secondary N) is 1.